The maximum Gasteiger partial charge on any atom is 0.335 e. The fourth-order valence-electron chi connectivity index (χ4n) is 2.83. The zero-order chi connectivity index (χ0) is 16.7. The Balaban J connectivity index is 1.75. The lowest BCUT2D eigenvalue weighted by molar-refractivity contribution is 0.0696. The van der Waals surface area contributed by atoms with E-state index in [9.17, 15) is 9.59 Å². The van der Waals surface area contributed by atoms with E-state index in [0.29, 0.717) is 16.9 Å². The molecule has 1 aliphatic heterocycles. The Kier molecular flexibility index (Phi) is 3.17. The summed E-state index contributed by atoms with van der Waals surface area (Å²) in [4.78, 5) is 23.6. The first-order valence-electron chi connectivity index (χ1n) is 7.43. The molecule has 0 unspecified atom stereocenters. The third-order valence-electron chi connectivity index (χ3n) is 4.02. The molecular formula is C20H12O4. The van der Waals surface area contributed by atoms with Crippen molar-refractivity contribution in [1.29, 1.82) is 0 Å². The molecule has 4 rings (SSSR count). The van der Waals surface area contributed by atoms with E-state index < -0.39 is 5.97 Å². The highest BCUT2D eigenvalue weighted by molar-refractivity contribution is 6.21. The third-order valence-corrected chi connectivity index (χ3v) is 4.02. The van der Waals surface area contributed by atoms with Crippen LogP contribution >= 0.6 is 0 Å². The Bertz CT molecular complexity index is 1010. The molecule has 3 aromatic rings. The van der Waals surface area contributed by atoms with Gasteiger partial charge in [0.25, 0.3) is 0 Å². The summed E-state index contributed by atoms with van der Waals surface area (Å²) in [5, 5.41) is 10.8. The molecule has 116 valence electrons. The maximum atomic E-state index is 12.7. The topological polar surface area (TPSA) is 63.6 Å². The van der Waals surface area contributed by atoms with Crippen LogP contribution in [0.25, 0.3) is 16.8 Å². The van der Waals surface area contributed by atoms with Gasteiger partial charge in [0.1, 0.15) is 5.75 Å². The molecule has 0 saturated heterocycles. The molecule has 3 aromatic carbocycles. The van der Waals surface area contributed by atoms with Gasteiger partial charge < -0.3 is 9.84 Å². The summed E-state index contributed by atoms with van der Waals surface area (Å²) < 4.78 is 5.70. The normalized spacial score (nSPS) is 14.7. The van der Waals surface area contributed by atoms with Crippen LogP contribution in [0.1, 0.15) is 26.3 Å². The molecular weight excluding hydrogens is 304 g/mol. The van der Waals surface area contributed by atoms with Crippen molar-refractivity contribution in [3.63, 3.8) is 0 Å². The molecule has 1 heterocycles. The van der Waals surface area contributed by atoms with Crippen LogP contribution < -0.4 is 4.74 Å². The third kappa shape index (κ3) is 2.25. The number of carbonyl (C=O) groups excluding carboxylic acids is 1. The van der Waals surface area contributed by atoms with E-state index in [1.807, 2.05) is 30.3 Å². The summed E-state index contributed by atoms with van der Waals surface area (Å²) in [6.07, 6.45) is 1.63. The summed E-state index contributed by atoms with van der Waals surface area (Å²) in [7, 11) is 0. The largest absolute Gasteiger partial charge is 0.478 e. The Morgan fingerprint density at radius 2 is 1.71 bits per heavy atom. The quantitative estimate of drug-likeness (QED) is 0.721. The molecule has 0 saturated carbocycles. The first-order valence-corrected chi connectivity index (χ1v) is 7.43. The number of carboxylic acids is 1. The van der Waals surface area contributed by atoms with E-state index in [0.717, 1.165) is 10.8 Å². The van der Waals surface area contributed by atoms with Crippen molar-refractivity contribution < 1.29 is 19.4 Å². The Morgan fingerprint density at radius 3 is 2.46 bits per heavy atom. The van der Waals surface area contributed by atoms with Crippen LogP contribution in [0, 0.1) is 0 Å². The number of hydrogen-bond acceptors (Lipinski definition) is 3. The van der Waals surface area contributed by atoms with Crippen LogP contribution in [0.5, 0.6) is 5.75 Å². The molecule has 0 atom stereocenters. The number of fused-ring (bicyclic) bond motifs is 3. The van der Waals surface area contributed by atoms with Crippen molar-refractivity contribution in [3.05, 3.63) is 83.1 Å². The number of ether oxygens (including phenoxy) is 1. The molecule has 0 radical (unpaired) electrons. The van der Waals surface area contributed by atoms with Crippen LogP contribution in [0.4, 0.5) is 0 Å². The van der Waals surface area contributed by atoms with Gasteiger partial charge in [-0.1, -0.05) is 42.5 Å². The Morgan fingerprint density at radius 1 is 0.958 bits per heavy atom. The minimum Gasteiger partial charge on any atom is -0.478 e. The van der Waals surface area contributed by atoms with E-state index >= 15 is 0 Å². The van der Waals surface area contributed by atoms with E-state index in [4.69, 9.17) is 9.84 Å². The minimum atomic E-state index is -0.985. The average molecular weight is 316 g/mol. The van der Waals surface area contributed by atoms with Crippen molar-refractivity contribution in [1.82, 2.24) is 0 Å². The van der Waals surface area contributed by atoms with Gasteiger partial charge in [0.15, 0.2) is 5.76 Å². The number of carbonyl (C=O) groups is 2. The van der Waals surface area contributed by atoms with E-state index in [2.05, 4.69) is 0 Å². The van der Waals surface area contributed by atoms with Gasteiger partial charge in [0.2, 0.25) is 5.78 Å². The van der Waals surface area contributed by atoms with Gasteiger partial charge in [-0.2, -0.15) is 0 Å². The van der Waals surface area contributed by atoms with Gasteiger partial charge in [0, 0.05) is 0 Å². The van der Waals surface area contributed by atoms with Gasteiger partial charge >= 0.3 is 5.97 Å². The summed E-state index contributed by atoms with van der Waals surface area (Å²) in [6.45, 7) is 0. The van der Waals surface area contributed by atoms with Crippen molar-refractivity contribution in [2.45, 2.75) is 0 Å². The van der Waals surface area contributed by atoms with E-state index in [1.54, 1.807) is 24.3 Å². The number of aromatic carboxylic acids is 1. The molecule has 0 spiro atoms. The first kappa shape index (κ1) is 14.2. The van der Waals surface area contributed by atoms with Gasteiger partial charge in [-0.3, -0.25) is 4.79 Å². The van der Waals surface area contributed by atoms with Crippen molar-refractivity contribution in [2.75, 3.05) is 0 Å². The lowest BCUT2D eigenvalue weighted by Gasteiger charge is -2.01. The molecule has 24 heavy (non-hydrogen) atoms. The van der Waals surface area contributed by atoms with Crippen LogP contribution in [-0.4, -0.2) is 16.9 Å². The SMILES string of the molecule is O=C(O)c1ccc(C=C2Oc3ccc4ccccc4c3C2=O)cc1. The Hall–Kier alpha value is -3.40. The van der Waals surface area contributed by atoms with Crippen LogP contribution in [-0.2, 0) is 0 Å². The Labute approximate surface area is 137 Å². The first-order chi connectivity index (χ1) is 11.6. The number of carboxylic acid groups (broad SMARTS) is 1. The van der Waals surface area contributed by atoms with Crippen molar-refractivity contribution in [3.8, 4) is 5.75 Å². The summed E-state index contributed by atoms with van der Waals surface area (Å²) in [5.74, 6) is -0.359. The highest BCUT2D eigenvalue weighted by Gasteiger charge is 2.29. The average Bonchev–Trinajstić information content (AvgIpc) is 2.92. The van der Waals surface area contributed by atoms with Gasteiger partial charge in [-0.15, -0.1) is 0 Å². The second-order valence-corrected chi connectivity index (χ2v) is 5.53. The monoisotopic (exact) mass is 316 g/mol. The number of ketones is 1. The zero-order valence-electron chi connectivity index (χ0n) is 12.5. The number of rotatable bonds is 2. The van der Waals surface area contributed by atoms with Crippen molar-refractivity contribution >= 4 is 28.6 Å². The molecule has 1 N–H and O–H groups in total. The minimum absolute atomic E-state index is 0.163. The van der Waals surface area contributed by atoms with Gasteiger partial charge in [-0.25, -0.2) is 4.79 Å². The van der Waals surface area contributed by atoms with Gasteiger partial charge in [-0.05, 0) is 40.6 Å². The second kappa shape index (κ2) is 5.35. The molecule has 0 aromatic heterocycles. The number of benzene rings is 3. The van der Waals surface area contributed by atoms with Gasteiger partial charge in [0.05, 0.1) is 11.1 Å². The van der Waals surface area contributed by atoms with E-state index in [-0.39, 0.29) is 17.1 Å². The number of allylic oxidation sites excluding steroid dienone is 1. The van der Waals surface area contributed by atoms with E-state index in [1.165, 1.54) is 12.1 Å². The fourth-order valence-corrected chi connectivity index (χ4v) is 2.83. The van der Waals surface area contributed by atoms with Crippen molar-refractivity contribution in [2.24, 2.45) is 0 Å². The zero-order valence-corrected chi connectivity index (χ0v) is 12.5. The molecule has 4 heteroatoms. The smallest absolute Gasteiger partial charge is 0.335 e. The highest BCUT2D eigenvalue weighted by Crippen LogP contribution is 2.37. The predicted octanol–water partition coefficient (Wildman–Crippen LogP) is 4.15. The molecule has 1 aliphatic rings. The highest BCUT2D eigenvalue weighted by atomic mass is 16.5. The lowest BCUT2D eigenvalue weighted by atomic mass is 10.0. The molecule has 0 aliphatic carbocycles. The molecule has 0 fully saturated rings. The number of hydrogen-bond donors (Lipinski definition) is 1. The molecule has 4 nitrogen and oxygen atoms in total. The van der Waals surface area contributed by atoms with Crippen LogP contribution in [0.2, 0.25) is 0 Å². The standard InChI is InChI=1S/C20H12O4/c21-19-17(11-12-5-7-14(8-6-12)20(22)23)24-16-10-9-13-3-1-2-4-15(13)18(16)19/h1-11H,(H,22,23). The summed E-state index contributed by atoms with van der Waals surface area (Å²) in [5.41, 5.74) is 1.48. The van der Waals surface area contributed by atoms with Crippen LogP contribution in [0.3, 0.4) is 0 Å². The second-order valence-electron chi connectivity index (χ2n) is 5.53. The fraction of sp³-hybridized carbons (Fsp3) is 0. The summed E-state index contributed by atoms with van der Waals surface area (Å²) in [6, 6.07) is 17.7. The molecule has 0 bridgehead atoms. The predicted molar refractivity (Wildman–Crippen MR) is 90.3 cm³/mol. The maximum absolute atomic E-state index is 12.7. The van der Waals surface area contributed by atoms with Crippen LogP contribution in [0.15, 0.2) is 66.4 Å². The lowest BCUT2D eigenvalue weighted by Crippen LogP contribution is -1.99. The number of Topliss-reactive ketones (excluding diaryl/α,β-unsaturated/α-hetero) is 1. The molecule has 0 amide bonds. The summed E-state index contributed by atoms with van der Waals surface area (Å²) >= 11 is 0.